The molecule has 0 unspecified atom stereocenters. The van der Waals surface area contributed by atoms with Crippen LogP contribution in [0.5, 0.6) is 17.2 Å². The number of hydrogen-bond acceptors (Lipinski definition) is 4. The van der Waals surface area contributed by atoms with Crippen molar-refractivity contribution >= 4 is 34.8 Å². The average molecular weight is 368 g/mol. The van der Waals surface area contributed by atoms with Gasteiger partial charge in [-0.25, -0.2) is 0 Å². The second kappa shape index (κ2) is 7.64. The van der Waals surface area contributed by atoms with Crippen molar-refractivity contribution < 1.29 is 19.0 Å². The molecular weight excluding hydrogens is 353 g/mol. The molecule has 0 saturated carbocycles. The van der Waals surface area contributed by atoms with Crippen molar-refractivity contribution in [3.8, 4) is 17.2 Å². The molecule has 24 heavy (non-hydrogen) atoms. The minimum absolute atomic E-state index is 0.162. The maximum absolute atomic E-state index is 12.1. The summed E-state index contributed by atoms with van der Waals surface area (Å²) in [7, 11) is 0. The lowest BCUT2D eigenvalue weighted by Crippen LogP contribution is -2.20. The first-order chi connectivity index (χ1) is 11.6. The minimum atomic E-state index is -0.341. The van der Waals surface area contributed by atoms with E-state index < -0.39 is 0 Å². The third kappa shape index (κ3) is 4.24. The summed E-state index contributed by atoms with van der Waals surface area (Å²) in [6.07, 6.45) is 0.793. The van der Waals surface area contributed by atoms with Crippen LogP contribution in [0.1, 0.15) is 6.42 Å². The Morgan fingerprint density at radius 1 is 1.12 bits per heavy atom. The van der Waals surface area contributed by atoms with Crippen molar-refractivity contribution in [2.45, 2.75) is 6.42 Å². The summed E-state index contributed by atoms with van der Waals surface area (Å²) < 4.78 is 16.5. The van der Waals surface area contributed by atoms with Gasteiger partial charge in [-0.1, -0.05) is 29.3 Å². The van der Waals surface area contributed by atoms with Gasteiger partial charge in [0.1, 0.15) is 5.75 Å². The van der Waals surface area contributed by atoms with Crippen LogP contribution in [-0.4, -0.2) is 25.7 Å². The molecule has 0 atom stereocenters. The highest BCUT2D eigenvalue weighted by molar-refractivity contribution is 6.34. The smallest absolute Gasteiger partial charge is 0.262 e. The van der Waals surface area contributed by atoms with Gasteiger partial charge in [0.25, 0.3) is 5.91 Å². The standard InChI is InChI=1S/C17H15Cl2NO4/c18-11-3-1-4-12(7-11)24-10-17(21)20-14-9-16-15(8-13(14)19)22-5-2-6-23-16/h1,3-4,7-9H,2,5-6,10H2,(H,20,21). The van der Waals surface area contributed by atoms with Crippen LogP contribution in [0.3, 0.4) is 0 Å². The van der Waals surface area contributed by atoms with E-state index in [1.165, 1.54) is 0 Å². The summed E-state index contributed by atoms with van der Waals surface area (Å²) in [5, 5.41) is 3.61. The molecule has 1 aliphatic heterocycles. The second-order valence-electron chi connectivity index (χ2n) is 5.12. The summed E-state index contributed by atoms with van der Waals surface area (Å²) >= 11 is 12.1. The number of fused-ring (bicyclic) bond motifs is 1. The molecule has 1 heterocycles. The highest BCUT2D eigenvalue weighted by Gasteiger charge is 2.15. The van der Waals surface area contributed by atoms with Crippen molar-refractivity contribution in [3.05, 3.63) is 46.4 Å². The Bertz CT molecular complexity index is 751. The van der Waals surface area contributed by atoms with Crippen LogP contribution in [0.15, 0.2) is 36.4 Å². The van der Waals surface area contributed by atoms with E-state index in [0.29, 0.717) is 46.2 Å². The number of rotatable bonds is 4. The maximum Gasteiger partial charge on any atom is 0.262 e. The van der Waals surface area contributed by atoms with Gasteiger partial charge >= 0.3 is 0 Å². The zero-order valence-corrected chi connectivity index (χ0v) is 14.2. The van der Waals surface area contributed by atoms with Crippen LogP contribution in [0.25, 0.3) is 0 Å². The van der Waals surface area contributed by atoms with E-state index in [1.54, 1.807) is 36.4 Å². The van der Waals surface area contributed by atoms with E-state index >= 15 is 0 Å². The van der Waals surface area contributed by atoms with Crippen LogP contribution in [0.4, 0.5) is 5.69 Å². The number of halogens is 2. The van der Waals surface area contributed by atoms with E-state index in [1.807, 2.05) is 0 Å². The minimum Gasteiger partial charge on any atom is -0.490 e. The van der Waals surface area contributed by atoms with Crippen LogP contribution < -0.4 is 19.5 Å². The first-order valence-corrected chi connectivity index (χ1v) is 8.15. The predicted molar refractivity (Wildman–Crippen MR) is 92.6 cm³/mol. The zero-order chi connectivity index (χ0) is 16.9. The van der Waals surface area contributed by atoms with Crippen LogP contribution >= 0.6 is 23.2 Å². The van der Waals surface area contributed by atoms with E-state index in [0.717, 1.165) is 6.42 Å². The molecule has 1 N–H and O–H groups in total. The number of benzene rings is 2. The van der Waals surface area contributed by atoms with Gasteiger partial charge in [-0.2, -0.15) is 0 Å². The Balaban J connectivity index is 1.64. The molecule has 0 aliphatic carbocycles. The Labute approximate surface area is 149 Å². The molecule has 1 aliphatic rings. The maximum atomic E-state index is 12.1. The first kappa shape index (κ1) is 16.7. The highest BCUT2D eigenvalue weighted by Crippen LogP contribution is 2.37. The molecule has 5 nitrogen and oxygen atoms in total. The fraction of sp³-hybridized carbons (Fsp3) is 0.235. The summed E-state index contributed by atoms with van der Waals surface area (Å²) in [5.41, 5.74) is 0.445. The molecule has 0 saturated heterocycles. The number of carbonyl (C=O) groups excluding carboxylic acids is 1. The van der Waals surface area contributed by atoms with Gasteiger partial charge in [-0.05, 0) is 18.2 Å². The van der Waals surface area contributed by atoms with Gasteiger partial charge in [-0.15, -0.1) is 0 Å². The van der Waals surface area contributed by atoms with Crippen molar-refractivity contribution in [1.29, 1.82) is 0 Å². The van der Waals surface area contributed by atoms with Gasteiger partial charge in [0.2, 0.25) is 0 Å². The molecule has 3 rings (SSSR count). The van der Waals surface area contributed by atoms with E-state index in [9.17, 15) is 4.79 Å². The lowest BCUT2D eigenvalue weighted by atomic mass is 10.2. The topological polar surface area (TPSA) is 56.8 Å². The predicted octanol–water partition coefficient (Wildman–Crippen LogP) is 4.17. The Hall–Kier alpha value is -2.11. The molecule has 0 radical (unpaired) electrons. The van der Waals surface area contributed by atoms with Crippen molar-refractivity contribution in [3.63, 3.8) is 0 Å². The number of carbonyl (C=O) groups is 1. The van der Waals surface area contributed by atoms with Gasteiger partial charge in [0.15, 0.2) is 18.1 Å². The monoisotopic (exact) mass is 367 g/mol. The van der Waals surface area contributed by atoms with Crippen molar-refractivity contribution in [1.82, 2.24) is 0 Å². The van der Waals surface area contributed by atoms with Crippen molar-refractivity contribution in [2.75, 3.05) is 25.1 Å². The average Bonchev–Trinajstić information content (AvgIpc) is 2.78. The van der Waals surface area contributed by atoms with Crippen molar-refractivity contribution in [2.24, 2.45) is 0 Å². The number of anilines is 1. The van der Waals surface area contributed by atoms with E-state index in [-0.39, 0.29) is 12.5 Å². The zero-order valence-electron chi connectivity index (χ0n) is 12.7. The molecule has 0 fully saturated rings. The lowest BCUT2D eigenvalue weighted by Gasteiger charge is -2.13. The third-order valence-corrected chi connectivity index (χ3v) is 3.83. The molecule has 7 heteroatoms. The Morgan fingerprint density at radius 2 is 1.88 bits per heavy atom. The Kier molecular flexibility index (Phi) is 5.33. The number of amides is 1. The van der Waals surface area contributed by atoms with Crippen LogP contribution in [0, 0.1) is 0 Å². The second-order valence-corrected chi connectivity index (χ2v) is 5.97. The SMILES string of the molecule is O=C(COc1cccc(Cl)c1)Nc1cc2c(cc1Cl)OCCCO2. The number of hydrogen-bond donors (Lipinski definition) is 1. The van der Waals surface area contributed by atoms with Gasteiger partial charge in [0, 0.05) is 23.6 Å². The molecule has 2 aromatic rings. The molecule has 1 amide bonds. The number of ether oxygens (including phenoxy) is 3. The molecule has 0 spiro atoms. The molecule has 126 valence electrons. The van der Waals surface area contributed by atoms with Gasteiger partial charge in [-0.3, -0.25) is 4.79 Å². The molecule has 0 bridgehead atoms. The summed E-state index contributed by atoms with van der Waals surface area (Å²) in [4.78, 5) is 12.1. The third-order valence-electron chi connectivity index (χ3n) is 3.28. The quantitative estimate of drug-likeness (QED) is 0.880. The van der Waals surface area contributed by atoms with Crippen LogP contribution in [-0.2, 0) is 4.79 Å². The van der Waals surface area contributed by atoms with Gasteiger partial charge < -0.3 is 19.5 Å². The molecule has 2 aromatic carbocycles. The molecule has 0 aromatic heterocycles. The van der Waals surface area contributed by atoms with Crippen LogP contribution in [0.2, 0.25) is 10.0 Å². The highest BCUT2D eigenvalue weighted by atomic mass is 35.5. The lowest BCUT2D eigenvalue weighted by molar-refractivity contribution is -0.118. The normalized spacial score (nSPS) is 13.1. The summed E-state index contributed by atoms with van der Waals surface area (Å²) in [6, 6.07) is 10.1. The first-order valence-electron chi connectivity index (χ1n) is 7.39. The number of nitrogens with one attached hydrogen (secondary N) is 1. The fourth-order valence-electron chi connectivity index (χ4n) is 2.17. The molecular formula is C17H15Cl2NO4. The Morgan fingerprint density at radius 3 is 2.62 bits per heavy atom. The van der Waals surface area contributed by atoms with Gasteiger partial charge in [0.05, 0.1) is 23.9 Å². The summed E-state index contributed by atoms with van der Waals surface area (Å²) in [5.74, 6) is 1.31. The fourth-order valence-corrected chi connectivity index (χ4v) is 2.55. The van der Waals surface area contributed by atoms with E-state index in [2.05, 4.69) is 5.32 Å². The largest absolute Gasteiger partial charge is 0.490 e. The van der Waals surface area contributed by atoms with E-state index in [4.69, 9.17) is 37.4 Å². The summed E-state index contributed by atoms with van der Waals surface area (Å²) in [6.45, 7) is 0.966.